The lowest BCUT2D eigenvalue weighted by molar-refractivity contribution is 0.669. The van der Waals surface area contributed by atoms with Crippen LogP contribution in [0.3, 0.4) is 0 Å². The summed E-state index contributed by atoms with van der Waals surface area (Å²) in [4.78, 5) is 0. The molecular weight excluding hydrogens is 687 g/mol. The molecule has 0 radical (unpaired) electrons. The highest BCUT2D eigenvalue weighted by Gasteiger charge is 2.24. The lowest BCUT2D eigenvalue weighted by atomic mass is 10.1. The first kappa shape index (κ1) is 30.7. The molecule has 0 amide bonds. The number of fused-ring (bicyclic) bond motifs is 9. The van der Waals surface area contributed by atoms with E-state index in [1.165, 1.54) is 10.8 Å². The number of rotatable bonds is 5. The van der Waals surface area contributed by atoms with Crippen LogP contribution in [0.2, 0.25) is 0 Å². The molecule has 262 valence electrons. The molecule has 0 bridgehead atoms. The molecule has 4 aromatic heterocycles. The number of aromatic nitrogens is 5. The topological polar surface area (TPSA) is 53.7 Å². The standard InChI is InChI=1S/C50H31N5O/c1-3-16-32(17-4-1)49-51-52-50(53(49)33-18-5-2-6-19-33)37-23-15-28-44-48(37)36-22-8-11-25-41(36)54(44)42-26-12-13-27-43(42)55-40-24-10-7-20-34(40)38-30-39-35-21-9-14-29-46(35)56-47(39)31-45(38)55/h1-31H. The molecule has 0 atom stereocenters. The molecule has 0 aliphatic rings. The highest BCUT2D eigenvalue weighted by Crippen LogP contribution is 2.43. The minimum atomic E-state index is 0.786. The van der Waals surface area contributed by atoms with E-state index in [-0.39, 0.29) is 0 Å². The minimum absolute atomic E-state index is 0.786. The van der Waals surface area contributed by atoms with E-state index in [1.54, 1.807) is 0 Å². The normalized spacial score (nSPS) is 11.9. The maximum Gasteiger partial charge on any atom is 0.169 e. The van der Waals surface area contributed by atoms with Gasteiger partial charge in [0.05, 0.1) is 33.4 Å². The van der Waals surface area contributed by atoms with Crippen molar-refractivity contribution in [3.05, 3.63) is 188 Å². The molecule has 0 fully saturated rings. The molecule has 0 aliphatic heterocycles. The molecule has 6 nitrogen and oxygen atoms in total. The summed E-state index contributed by atoms with van der Waals surface area (Å²) in [6.45, 7) is 0. The average molecular weight is 718 g/mol. The van der Waals surface area contributed by atoms with Crippen molar-refractivity contribution in [2.75, 3.05) is 0 Å². The molecule has 0 unspecified atom stereocenters. The highest BCUT2D eigenvalue weighted by molar-refractivity contribution is 6.18. The summed E-state index contributed by atoms with van der Waals surface area (Å²) in [6.07, 6.45) is 0. The monoisotopic (exact) mass is 717 g/mol. The Morgan fingerprint density at radius 3 is 1.73 bits per heavy atom. The van der Waals surface area contributed by atoms with E-state index in [0.29, 0.717) is 0 Å². The van der Waals surface area contributed by atoms with Gasteiger partial charge in [-0.3, -0.25) is 4.57 Å². The summed E-state index contributed by atoms with van der Waals surface area (Å²) in [5.41, 5.74) is 11.3. The molecule has 12 aromatic rings. The second kappa shape index (κ2) is 11.9. The SMILES string of the molecule is c1ccc(-c2nnc(-c3cccc4c3c3ccccc3n4-c3ccccc3-n3c4ccccc4c4cc5c(cc43)oc3ccccc35)n2-c2ccccc2)cc1. The number of para-hydroxylation sites is 6. The number of hydrogen-bond donors (Lipinski definition) is 0. The van der Waals surface area contributed by atoms with Gasteiger partial charge in [-0.25, -0.2) is 0 Å². The third-order valence-electron chi connectivity index (χ3n) is 11.2. The van der Waals surface area contributed by atoms with Crippen molar-refractivity contribution in [1.29, 1.82) is 0 Å². The first-order valence-corrected chi connectivity index (χ1v) is 18.8. The van der Waals surface area contributed by atoms with Crippen molar-refractivity contribution in [1.82, 2.24) is 23.9 Å². The fourth-order valence-corrected chi connectivity index (χ4v) is 8.81. The molecule has 0 N–H and O–H groups in total. The van der Waals surface area contributed by atoms with Crippen LogP contribution in [0.25, 0.3) is 105 Å². The Morgan fingerprint density at radius 1 is 0.357 bits per heavy atom. The predicted octanol–water partition coefficient (Wildman–Crippen LogP) is 12.7. The zero-order chi connectivity index (χ0) is 36.7. The van der Waals surface area contributed by atoms with Crippen LogP contribution >= 0.6 is 0 Å². The molecule has 8 aromatic carbocycles. The first-order valence-electron chi connectivity index (χ1n) is 18.8. The number of benzene rings is 8. The van der Waals surface area contributed by atoms with Crippen molar-refractivity contribution >= 4 is 65.6 Å². The Kier molecular flexibility index (Phi) is 6.53. The molecule has 56 heavy (non-hydrogen) atoms. The molecule has 0 saturated carbocycles. The Bertz CT molecular complexity index is 3480. The van der Waals surface area contributed by atoms with Crippen LogP contribution in [-0.2, 0) is 0 Å². The lowest BCUT2D eigenvalue weighted by Crippen LogP contribution is -2.03. The summed E-state index contributed by atoms with van der Waals surface area (Å²) in [6, 6.07) is 66.1. The van der Waals surface area contributed by atoms with E-state index < -0.39 is 0 Å². The van der Waals surface area contributed by atoms with Crippen LogP contribution < -0.4 is 0 Å². The average Bonchev–Trinajstić information content (AvgIpc) is 4.03. The smallest absolute Gasteiger partial charge is 0.169 e. The fourth-order valence-electron chi connectivity index (χ4n) is 8.81. The highest BCUT2D eigenvalue weighted by atomic mass is 16.3. The van der Waals surface area contributed by atoms with Crippen LogP contribution in [0.5, 0.6) is 0 Å². The Hall–Kier alpha value is -7.70. The van der Waals surface area contributed by atoms with Crippen LogP contribution in [-0.4, -0.2) is 23.9 Å². The van der Waals surface area contributed by atoms with Crippen LogP contribution in [0.15, 0.2) is 192 Å². The van der Waals surface area contributed by atoms with E-state index in [0.717, 1.165) is 94.6 Å². The minimum Gasteiger partial charge on any atom is -0.456 e. The first-order chi connectivity index (χ1) is 27.8. The lowest BCUT2D eigenvalue weighted by Gasteiger charge is -2.17. The van der Waals surface area contributed by atoms with E-state index >= 15 is 0 Å². The van der Waals surface area contributed by atoms with Gasteiger partial charge in [0.1, 0.15) is 11.2 Å². The molecule has 4 heterocycles. The van der Waals surface area contributed by atoms with Gasteiger partial charge in [0, 0.05) is 55.2 Å². The van der Waals surface area contributed by atoms with E-state index in [1.807, 2.05) is 36.4 Å². The molecule has 0 aliphatic carbocycles. The van der Waals surface area contributed by atoms with Gasteiger partial charge in [-0.2, -0.15) is 0 Å². The maximum absolute atomic E-state index is 6.46. The van der Waals surface area contributed by atoms with Gasteiger partial charge in [-0.15, -0.1) is 10.2 Å². The van der Waals surface area contributed by atoms with Crippen molar-refractivity contribution in [2.24, 2.45) is 0 Å². The van der Waals surface area contributed by atoms with Gasteiger partial charge in [0.15, 0.2) is 11.6 Å². The van der Waals surface area contributed by atoms with Crippen molar-refractivity contribution in [2.45, 2.75) is 0 Å². The summed E-state index contributed by atoms with van der Waals surface area (Å²) in [5, 5.41) is 16.7. The van der Waals surface area contributed by atoms with Gasteiger partial charge in [-0.1, -0.05) is 127 Å². The Morgan fingerprint density at radius 2 is 0.946 bits per heavy atom. The molecule has 0 saturated heterocycles. The summed E-state index contributed by atoms with van der Waals surface area (Å²) in [5.74, 6) is 1.58. The van der Waals surface area contributed by atoms with Gasteiger partial charge in [0.25, 0.3) is 0 Å². The van der Waals surface area contributed by atoms with Crippen molar-refractivity contribution in [3.63, 3.8) is 0 Å². The molecule has 6 heteroatoms. The van der Waals surface area contributed by atoms with Crippen LogP contribution in [0, 0.1) is 0 Å². The zero-order valence-electron chi connectivity index (χ0n) is 30.0. The zero-order valence-corrected chi connectivity index (χ0v) is 30.0. The predicted molar refractivity (Wildman–Crippen MR) is 228 cm³/mol. The van der Waals surface area contributed by atoms with Gasteiger partial charge in [0.2, 0.25) is 0 Å². The summed E-state index contributed by atoms with van der Waals surface area (Å²) in [7, 11) is 0. The van der Waals surface area contributed by atoms with E-state index in [4.69, 9.17) is 14.6 Å². The second-order valence-electron chi connectivity index (χ2n) is 14.2. The van der Waals surface area contributed by atoms with Crippen LogP contribution in [0.1, 0.15) is 0 Å². The van der Waals surface area contributed by atoms with Crippen molar-refractivity contribution < 1.29 is 4.42 Å². The third-order valence-corrected chi connectivity index (χ3v) is 11.2. The number of hydrogen-bond acceptors (Lipinski definition) is 3. The summed E-state index contributed by atoms with van der Waals surface area (Å²) < 4.78 is 13.4. The third kappa shape index (κ3) is 4.38. The maximum atomic E-state index is 6.46. The Labute approximate surface area is 320 Å². The van der Waals surface area contributed by atoms with E-state index in [2.05, 4.69) is 165 Å². The van der Waals surface area contributed by atoms with Crippen LogP contribution in [0.4, 0.5) is 0 Å². The van der Waals surface area contributed by atoms with Gasteiger partial charge >= 0.3 is 0 Å². The molecule has 12 rings (SSSR count). The second-order valence-corrected chi connectivity index (χ2v) is 14.2. The van der Waals surface area contributed by atoms with Gasteiger partial charge < -0.3 is 13.6 Å². The number of nitrogens with zero attached hydrogens (tertiary/aromatic N) is 5. The molecule has 0 spiro atoms. The summed E-state index contributed by atoms with van der Waals surface area (Å²) >= 11 is 0. The molecular formula is C50H31N5O. The van der Waals surface area contributed by atoms with Crippen molar-refractivity contribution in [3.8, 4) is 39.8 Å². The number of furan rings is 1. The fraction of sp³-hybridized carbons (Fsp3) is 0. The van der Waals surface area contributed by atoms with E-state index in [9.17, 15) is 0 Å². The Balaban J connectivity index is 1.15. The largest absolute Gasteiger partial charge is 0.456 e. The quantitative estimate of drug-likeness (QED) is 0.178. The van der Waals surface area contributed by atoms with Gasteiger partial charge in [-0.05, 0) is 54.6 Å².